The summed E-state index contributed by atoms with van der Waals surface area (Å²) >= 11 is 3.28. The molecule has 2 rings (SSSR count). The van der Waals surface area contributed by atoms with Gasteiger partial charge in [0.2, 0.25) is 10.0 Å². The van der Waals surface area contributed by atoms with Crippen molar-refractivity contribution in [3.05, 3.63) is 63.9 Å². The van der Waals surface area contributed by atoms with E-state index in [1.165, 1.54) is 23.5 Å². The second-order valence-corrected chi connectivity index (χ2v) is 7.73. The standard InChI is InChI=1S/C15H15BrFNO2S/c1-11-6-7-13(16)9-15(11)21(19,20)18(2)10-12-4-3-5-14(17)8-12/h3-9H,10H2,1-2H3. The Hall–Kier alpha value is -1.24. The Morgan fingerprint density at radius 3 is 2.57 bits per heavy atom. The van der Waals surface area contributed by atoms with Gasteiger partial charge in [-0.05, 0) is 42.3 Å². The zero-order valence-corrected chi connectivity index (χ0v) is 14.1. The fraction of sp³-hybridized carbons (Fsp3) is 0.200. The maximum atomic E-state index is 13.2. The lowest BCUT2D eigenvalue weighted by Crippen LogP contribution is -2.27. The van der Waals surface area contributed by atoms with Gasteiger partial charge in [0, 0.05) is 18.1 Å². The molecule has 0 heterocycles. The van der Waals surface area contributed by atoms with E-state index in [0.29, 0.717) is 15.6 Å². The predicted octanol–water partition coefficient (Wildman–Crippen LogP) is 3.72. The lowest BCUT2D eigenvalue weighted by Gasteiger charge is -2.19. The fourth-order valence-electron chi connectivity index (χ4n) is 2.00. The van der Waals surface area contributed by atoms with Crippen molar-refractivity contribution in [1.82, 2.24) is 4.31 Å². The van der Waals surface area contributed by atoms with Crippen LogP contribution in [0, 0.1) is 12.7 Å². The van der Waals surface area contributed by atoms with Crippen LogP contribution in [0.15, 0.2) is 51.8 Å². The zero-order valence-electron chi connectivity index (χ0n) is 11.7. The summed E-state index contributed by atoms with van der Waals surface area (Å²) in [5, 5.41) is 0. The van der Waals surface area contributed by atoms with E-state index in [9.17, 15) is 12.8 Å². The number of aryl methyl sites for hydroxylation is 1. The van der Waals surface area contributed by atoms with Gasteiger partial charge in [-0.2, -0.15) is 4.31 Å². The zero-order chi connectivity index (χ0) is 15.6. The third kappa shape index (κ3) is 3.70. The quantitative estimate of drug-likeness (QED) is 0.821. The van der Waals surface area contributed by atoms with Gasteiger partial charge in [0.1, 0.15) is 5.82 Å². The van der Waals surface area contributed by atoms with Crippen LogP contribution in [0.3, 0.4) is 0 Å². The molecule has 112 valence electrons. The molecular formula is C15H15BrFNO2S. The lowest BCUT2D eigenvalue weighted by atomic mass is 10.2. The molecule has 2 aromatic carbocycles. The summed E-state index contributed by atoms with van der Waals surface area (Å²) in [5.41, 5.74) is 1.28. The third-order valence-corrected chi connectivity index (χ3v) is 5.57. The molecule has 0 amide bonds. The van der Waals surface area contributed by atoms with Gasteiger partial charge < -0.3 is 0 Å². The Morgan fingerprint density at radius 2 is 1.90 bits per heavy atom. The van der Waals surface area contributed by atoms with Crippen molar-refractivity contribution >= 4 is 26.0 Å². The Kier molecular flexibility index (Phi) is 4.81. The van der Waals surface area contributed by atoms with E-state index in [-0.39, 0.29) is 17.3 Å². The minimum absolute atomic E-state index is 0.117. The summed E-state index contributed by atoms with van der Waals surface area (Å²) in [4.78, 5) is 0.246. The summed E-state index contributed by atoms with van der Waals surface area (Å²) in [6, 6.07) is 11.0. The minimum atomic E-state index is -3.62. The van der Waals surface area contributed by atoms with E-state index in [2.05, 4.69) is 15.9 Å². The van der Waals surface area contributed by atoms with Crippen molar-refractivity contribution < 1.29 is 12.8 Å². The maximum absolute atomic E-state index is 13.2. The van der Waals surface area contributed by atoms with Crippen molar-refractivity contribution in [3.8, 4) is 0 Å². The van der Waals surface area contributed by atoms with E-state index in [4.69, 9.17) is 0 Å². The van der Waals surface area contributed by atoms with Crippen LogP contribution in [0.5, 0.6) is 0 Å². The Bertz CT molecular complexity index is 762. The molecule has 0 N–H and O–H groups in total. The van der Waals surface area contributed by atoms with E-state index in [0.717, 1.165) is 0 Å². The van der Waals surface area contributed by atoms with Crippen molar-refractivity contribution in [3.63, 3.8) is 0 Å². The van der Waals surface area contributed by atoms with Crippen LogP contribution in [-0.4, -0.2) is 19.8 Å². The second kappa shape index (κ2) is 6.25. The molecule has 0 unspecified atom stereocenters. The van der Waals surface area contributed by atoms with Crippen LogP contribution in [0.1, 0.15) is 11.1 Å². The van der Waals surface area contributed by atoms with E-state index in [1.54, 1.807) is 37.3 Å². The monoisotopic (exact) mass is 371 g/mol. The molecule has 21 heavy (non-hydrogen) atoms. The van der Waals surface area contributed by atoms with Crippen LogP contribution in [0.4, 0.5) is 4.39 Å². The maximum Gasteiger partial charge on any atom is 0.243 e. The molecule has 0 saturated carbocycles. The number of sulfonamides is 1. The first-order valence-corrected chi connectivity index (χ1v) is 8.51. The molecule has 0 saturated heterocycles. The van der Waals surface area contributed by atoms with Gasteiger partial charge in [-0.25, -0.2) is 12.8 Å². The average Bonchev–Trinajstić information content (AvgIpc) is 2.41. The number of benzene rings is 2. The topological polar surface area (TPSA) is 37.4 Å². The van der Waals surface area contributed by atoms with Crippen molar-refractivity contribution in [2.75, 3.05) is 7.05 Å². The summed E-state index contributed by atoms with van der Waals surface area (Å²) in [7, 11) is -2.14. The molecule has 0 spiro atoms. The molecule has 0 bridgehead atoms. The first kappa shape index (κ1) is 16.1. The summed E-state index contributed by atoms with van der Waals surface area (Å²) in [5.74, 6) is -0.378. The highest BCUT2D eigenvalue weighted by Gasteiger charge is 2.23. The molecule has 0 aliphatic heterocycles. The average molecular weight is 372 g/mol. The molecule has 0 aliphatic carbocycles. The Morgan fingerprint density at radius 1 is 1.19 bits per heavy atom. The highest BCUT2D eigenvalue weighted by atomic mass is 79.9. The molecule has 0 aromatic heterocycles. The Labute approximate surface area is 132 Å². The molecule has 6 heteroatoms. The van der Waals surface area contributed by atoms with Crippen LogP contribution in [0.25, 0.3) is 0 Å². The highest BCUT2D eigenvalue weighted by Crippen LogP contribution is 2.24. The van der Waals surface area contributed by atoms with Gasteiger partial charge in [0.05, 0.1) is 4.90 Å². The molecule has 2 aromatic rings. The van der Waals surface area contributed by atoms with Crippen molar-refractivity contribution in [2.24, 2.45) is 0 Å². The summed E-state index contributed by atoms with van der Waals surface area (Å²) < 4.78 is 40.3. The molecular weight excluding hydrogens is 357 g/mol. The first-order chi connectivity index (χ1) is 9.80. The third-order valence-electron chi connectivity index (χ3n) is 3.13. The molecule has 0 radical (unpaired) electrons. The van der Waals surface area contributed by atoms with E-state index >= 15 is 0 Å². The van der Waals surface area contributed by atoms with E-state index < -0.39 is 10.0 Å². The van der Waals surface area contributed by atoms with Crippen molar-refractivity contribution in [1.29, 1.82) is 0 Å². The van der Waals surface area contributed by atoms with E-state index in [1.807, 2.05) is 0 Å². The first-order valence-electron chi connectivity index (χ1n) is 6.27. The predicted molar refractivity (Wildman–Crippen MR) is 83.9 cm³/mol. The van der Waals surface area contributed by atoms with Crippen LogP contribution in [0.2, 0.25) is 0 Å². The van der Waals surface area contributed by atoms with Crippen molar-refractivity contribution in [2.45, 2.75) is 18.4 Å². The largest absolute Gasteiger partial charge is 0.243 e. The van der Waals surface area contributed by atoms with Crippen LogP contribution in [-0.2, 0) is 16.6 Å². The van der Waals surface area contributed by atoms with Crippen LogP contribution < -0.4 is 0 Å². The van der Waals surface area contributed by atoms with Crippen LogP contribution >= 0.6 is 15.9 Å². The van der Waals surface area contributed by atoms with Gasteiger partial charge in [0.15, 0.2) is 0 Å². The summed E-state index contributed by atoms with van der Waals surface area (Å²) in [6.07, 6.45) is 0. The molecule has 0 atom stereocenters. The molecule has 0 fully saturated rings. The molecule has 3 nitrogen and oxygen atoms in total. The number of rotatable bonds is 4. The normalized spacial score (nSPS) is 11.9. The number of hydrogen-bond donors (Lipinski definition) is 0. The lowest BCUT2D eigenvalue weighted by molar-refractivity contribution is 0.465. The summed E-state index contributed by atoms with van der Waals surface area (Å²) in [6.45, 7) is 1.86. The Balaban J connectivity index is 2.33. The van der Waals surface area contributed by atoms with Gasteiger partial charge in [-0.15, -0.1) is 0 Å². The minimum Gasteiger partial charge on any atom is -0.207 e. The number of hydrogen-bond acceptors (Lipinski definition) is 2. The second-order valence-electron chi connectivity index (χ2n) is 4.80. The van der Waals surface area contributed by atoms with Gasteiger partial charge in [-0.1, -0.05) is 34.1 Å². The SMILES string of the molecule is Cc1ccc(Br)cc1S(=O)(=O)N(C)Cc1cccc(F)c1. The van der Waals surface area contributed by atoms with Gasteiger partial charge >= 0.3 is 0 Å². The van der Waals surface area contributed by atoms with Gasteiger partial charge in [0.25, 0.3) is 0 Å². The van der Waals surface area contributed by atoms with Gasteiger partial charge in [-0.3, -0.25) is 0 Å². The fourth-order valence-corrected chi connectivity index (χ4v) is 3.92. The molecule has 0 aliphatic rings. The smallest absolute Gasteiger partial charge is 0.207 e. The number of nitrogens with zero attached hydrogens (tertiary/aromatic N) is 1. The highest BCUT2D eigenvalue weighted by molar-refractivity contribution is 9.10. The number of halogens is 2.